The Bertz CT molecular complexity index is 537. The number of likely N-dealkylation sites (tertiary alicyclic amines) is 1. The van der Waals surface area contributed by atoms with Crippen LogP contribution in [0.15, 0.2) is 27.6 Å². The number of thiol groups is 1. The van der Waals surface area contributed by atoms with Crippen molar-refractivity contribution >= 4 is 34.5 Å². The lowest BCUT2D eigenvalue weighted by molar-refractivity contribution is 0.0737. The first-order valence-corrected chi connectivity index (χ1v) is 8.30. The summed E-state index contributed by atoms with van der Waals surface area (Å²) in [6.07, 6.45) is 3.56. The van der Waals surface area contributed by atoms with Gasteiger partial charge in [0.15, 0.2) is 0 Å². The van der Waals surface area contributed by atoms with Gasteiger partial charge < -0.3 is 4.90 Å². The van der Waals surface area contributed by atoms with Gasteiger partial charge in [0.2, 0.25) is 0 Å². The van der Waals surface area contributed by atoms with Gasteiger partial charge in [-0.15, -0.1) is 12.6 Å². The molecule has 0 aromatic heterocycles. The number of halogens is 1. The molecule has 0 aliphatic carbocycles. The summed E-state index contributed by atoms with van der Waals surface area (Å²) in [4.78, 5) is 17.9. The molecule has 1 amide bonds. The van der Waals surface area contributed by atoms with Crippen LogP contribution in [-0.4, -0.2) is 47.9 Å². The zero-order valence-corrected chi connectivity index (χ0v) is 14.0. The van der Waals surface area contributed by atoms with Crippen molar-refractivity contribution in [3.63, 3.8) is 0 Å². The third kappa shape index (κ3) is 2.63. The molecule has 2 aliphatic rings. The van der Waals surface area contributed by atoms with Crippen LogP contribution < -0.4 is 0 Å². The van der Waals surface area contributed by atoms with E-state index < -0.39 is 0 Å². The molecule has 0 spiro atoms. The van der Waals surface area contributed by atoms with E-state index in [9.17, 15) is 4.79 Å². The SMILES string of the molecule is CN1C2CCC1CN(C(=O)c1ccc(Br)cc1S)CC2. The number of nitrogens with zero attached hydrogens (tertiary/aromatic N) is 2. The summed E-state index contributed by atoms with van der Waals surface area (Å²) in [7, 11) is 2.19. The molecule has 2 heterocycles. The molecule has 2 saturated heterocycles. The summed E-state index contributed by atoms with van der Waals surface area (Å²) in [6, 6.07) is 6.82. The van der Waals surface area contributed by atoms with Crippen LogP contribution in [-0.2, 0) is 0 Å². The third-order valence-electron chi connectivity index (χ3n) is 4.63. The van der Waals surface area contributed by atoms with E-state index in [1.807, 2.05) is 23.1 Å². The molecule has 0 saturated carbocycles. The number of carbonyl (C=O) groups excluding carboxylic acids is 1. The fourth-order valence-electron chi connectivity index (χ4n) is 3.35. The Labute approximate surface area is 133 Å². The molecule has 2 bridgehead atoms. The lowest BCUT2D eigenvalue weighted by Gasteiger charge is -2.26. The van der Waals surface area contributed by atoms with Gasteiger partial charge in [0.1, 0.15) is 0 Å². The first-order valence-electron chi connectivity index (χ1n) is 7.06. The van der Waals surface area contributed by atoms with Crippen molar-refractivity contribution in [3.05, 3.63) is 28.2 Å². The molecule has 5 heteroatoms. The highest BCUT2D eigenvalue weighted by molar-refractivity contribution is 9.10. The van der Waals surface area contributed by atoms with E-state index in [0.717, 1.165) is 28.9 Å². The van der Waals surface area contributed by atoms with Gasteiger partial charge in [-0.3, -0.25) is 9.69 Å². The molecular formula is C15H19BrN2OS. The highest BCUT2D eigenvalue weighted by Gasteiger charge is 2.36. The number of carbonyl (C=O) groups is 1. The van der Waals surface area contributed by atoms with Gasteiger partial charge in [0, 0.05) is 34.5 Å². The van der Waals surface area contributed by atoms with Gasteiger partial charge in [0.05, 0.1) is 5.56 Å². The minimum Gasteiger partial charge on any atom is -0.337 e. The van der Waals surface area contributed by atoms with Gasteiger partial charge in [-0.25, -0.2) is 0 Å². The normalized spacial score (nSPS) is 26.6. The Morgan fingerprint density at radius 3 is 2.80 bits per heavy atom. The Balaban J connectivity index is 1.80. The highest BCUT2D eigenvalue weighted by atomic mass is 79.9. The number of rotatable bonds is 1. The van der Waals surface area contributed by atoms with Gasteiger partial charge >= 0.3 is 0 Å². The van der Waals surface area contributed by atoms with Gasteiger partial charge in [-0.2, -0.15) is 0 Å². The quantitative estimate of drug-likeness (QED) is 0.783. The van der Waals surface area contributed by atoms with Crippen LogP contribution in [0.5, 0.6) is 0 Å². The Morgan fingerprint density at radius 2 is 2.05 bits per heavy atom. The maximum Gasteiger partial charge on any atom is 0.255 e. The number of amides is 1. The predicted octanol–water partition coefficient (Wildman–Crippen LogP) is 3.05. The van der Waals surface area contributed by atoms with Crippen LogP contribution in [0.1, 0.15) is 29.6 Å². The molecule has 20 heavy (non-hydrogen) atoms. The monoisotopic (exact) mass is 354 g/mol. The summed E-state index contributed by atoms with van der Waals surface area (Å²) in [6.45, 7) is 1.70. The van der Waals surface area contributed by atoms with Crippen molar-refractivity contribution in [2.75, 3.05) is 20.1 Å². The molecule has 1 aromatic rings. The number of benzene rings is 1. The molecule has 2 unspecified atom stereocenters. The van der Waals surface area contributed by atoms with E-state index in [4.69, 9.17) is 0 Å². The molecule has 2 atom stereocenters. The third-order valence-corrected chi connectivity index (χ3v) is 5.49. The first-order chi connectivity index (χ1) is 9.56. The average Bonchev–Trinajstić information content (AvgIpc) is 2.62. The summed E-state index contributed by atoms with van der Waals surface area (Å²) < 4.78 is 0.953. The number of fused-ring (bicyclic) bond motifs is 2. The van der Waals surface area contributed by atoms with Crippen molar-refractivity contribution in [2.45, 2.75) is 36.2 Å². The molecule has 1 aromatic carbocycles. The number of hydrogen-bond donors (Lipinski definition) is 1. The molecule has 3 rings (SSSR count). The average molecular weight is 355 g/mol. The fourth-order valence-corrected chi connectivity index (χ4v) is 4.20. The van der Waals surface area contributed by atoms with Gasteiger partial charge in [-0.05, 0) is 44.5 Å². The maximum atomic E-state index is 12.7. The van der Waals surface area contributed by atoms with Crippen molar-refractivity contribution in [1.82, 2.24) is 9.80 Å². The summed E-state index contributed by atoms with van der Waals surface area (Å²) in [5.41, 5.74) is 0.706. The predicted molar refractivity (Wildman–Crippen MR) is 86.5 cm³/mol. The van der Waals surface area contributed by atoms with Crippen LogP contribution in [0.3, 0.4) is 0 Å². The second-order valence-corrected chi connectivity index (χ2v) is 7.15. The Kier molecular flexibility index (Phi) is 4.11. The van der Waals surface area contributed by atoms with E-state index in [2.05, 4.69) is 40.5 Å². The number of hydrogen-bond acceptors (Lipinski definition) is 3. The van der Waals surface area contributed by atoms with Crippen molar-refractivity contribution in [3.8, 4) is 0 Å². The van der Waals surface area contributed by atoms with Gasteiger partial charge in [0.25, 0.3) is 5.91 Å². The molecule has 0 radical (unpaired) electrons. The zero-order valence-electron chi connectivity index (χ0n) is 11.6. The molecule has 3 nitrogen and oxygen atoms in total. The number of likely N-dealkylation sites (N-methyl/N-ethyl adjacent to an activating group) is 1. The maximum absolute atomic E-state index is 12.7. The molecule has 2 aliphatic heterocycles. The molecule has 108 valence electrons. The summed E-state index contributed by atoms with van der Waals surface area (Å²) >= 11 is 7.85. The standard InChI is InChI=1S/C15H19BrN2OS/c1-17-11-3-4-12(17)9-18(7-6-11)15(19)13-5-2-10(16)8-14(13)20/h2,5,8,11-12,20H,3-4,6-7,9H2,1H3. The van der Waals surface area contributed by atoms with Crippen LogP contribution in [0.2, 0.25) is 0 Å². The topological polar surface area (TPSA) is 23.6 Å². The van der Waals surface area contributed by atoms with E-state index in [0.29, 0.717) is 17.6 Å². The van der Waals surface area contributed by atoms with E-state index in [1.165, 1.54) is 12.8 Å². The zero-order chi connectivity index (χ0) is 14.3. The van der Waals surface area contributed by atoms with Crippen molar-refractivity contribution in [2.24, 2.45) is 0 Å². The van der Waals surface area contributed by atoms with E-state index in [-0.39, 0.29) is 5.91 Å². The van der Waals surface area contributed by atoms with E-state index in [1.54, 1.807) is 0 Å². The highest BCUT2D eigenvalue weighted by Crippen LogP contribution is 2.30. The van der Waals surface area contributed by atoms with Crippen LogP contribution in [0.4, 0.5) is 0 Å². The second-order valence-electron chi connectivity index (χ2n) is 5.75. The van der Waals surface area contributed by atoms with Crippen LogP contribution in [0, 0.1) is 0 Å². The Hall–Kier alpha value is -0.520. The summed E-state index contributed by atoms with van der Waals surface area (Å²) in [5.74, 6) is 0.114. The minimum absolute atomic E-state index is 0.114. The van der Waals surface area contributed by atoms with Crippen molar-refractivity contribution in [1.29, 1.82) is 0 Å². The molecular weight excluding hydrogens is 336 g/mol. The largest absolute Gasteiger partial charge is 0.337 e. The fraction of sp³-hybridized carbons (Fsp3) is 0.533. The first kappa shape index (κ1) is 14.4. The summed E-state index contributed by atoms with van der Waals surface area (Å²) in [5, 5.41) is 0. The second kappa shape index (κ2) is 5.70. The van der Waals surface area contributed by atoms with Crippen LogP contribution in [0.25, 0.3) is 0 Å². The lowest BCUT2D eigenvalue weighted by Crippen LogP contribution is -2.39. The molecule has 2 fully saturated rings. The van der Waals surface area contributed by atoms with Gasteiger partial charge in [-0.1, -0.05) is 15.9 Å². The minimum atomic E-state index is 0.114. The Morgan fingerprint density at radius 1 is 1.30 bits per heavy atom. The van der Waals surface area contributed by atoms with Crippen LogP contribution >= 0.6 is 28.6 Å². The van der Waals surface area contributed by atoms with Crippen molar-refractivity contribution < 1.29 is 4.79 Å². The molecule has 0 N–H and O–H groups in total. The smallest absolute Gasteiger partial charge is 0.255 e. The van der Waals surface area contributed by atoms with E-state index >= 15 is 0 Å². The lowest BCUT2D eigenvalue weighted by atomic mass is 10.1.